The second-order valence-corrected chi connectivity index (χ2v) is 3.27. The Labute approximate surface area is 101 Å². The summed E-state index contributed by atoms with van der Waals surface area (Å²) in [5.41, 5.74) is 7.65. The van der Waals surface area contributed by atoms with Crippen LogP contribution < -0.4 is 21.7 Å². The lowest BCUT2D eigenvalue weighted by Crippen LogP contribution is -2.10. The molecule has 0 spiro atoms. The summed E-state index contributed by atoms with van der Waals surface area (Å²) in [6, 6.07) is 4.21. The number of hydrazine groups is 1. The van der Waals surface area contributed by atoms with Gasteiger partial charge in [-0.05, 0) is 12.1 Å². The molecule has 6 nitrogen and oxygen atoms in total. The Kier molecular flexibility index (Phi) is 3.20. The van der Waals surface area contributed by atoms with Gasteiger partial charge in [-0.25, -0.2) is 14.6 Å². The van der Waals surface area contributed by atoms with Gasteiger partial charge in [0.05, 0.1) is 0 Å². The van der Waals surface area contributed by atoms with Crippen molar-refractivity contribution in [3.63, 3.8) is 0 Å². The number of halogens is 2. The summed E-state index contributed by atoms with van der Waals surface area (Å²) < 4.78 is 31.2. The molecular formula is C10H9F2N5O. The van der Waals surface area contributed by atoms with Gasteiger partial charge in [0, 0.05) is 12.1 Å². The fourth-order valence-corrected chi connectivity index (χ4v) is 1.24. The van der Waals surface area contributed by atoms with Crippen LogP contribution in [0.3, 0.4) is 0 Å². The summed E-state index contributed by atoms with van der Waals surface area (Å²) in [5.74, 6) is 3.52. The van der Waals surface area contributed by atoms with Crippen molar-refractivity contribution >= 4 is 11.8 Å². The zero-order chi connectivity index (χ0) is 13.1. The van der Waals surface area contributed by atoms with Crippen LogP contribution in [-0.2, 0) is 0 Å². The zero-order valence-electron chi connectivity index (χ0n) is 9.02. The highest BCUT2D eigenvalue weighted by Gasteiger charge is 2.09. The molecule has 18 heavy (non-hydrogen) atoms. The third-order valence-corrected chi connectivity index (χ3v) is 1.98. The summed E-state index contributed by atoms with van der Waals surface area (Å²) in [6.07, 6.45) is 0. The maximum absolute atomic E-state index is 13.3. The van der Waals surface area contributed by atoms with Crippen LogP contribution in [0.25, 0.3) is 0 Å². The molecule has 0 radical (unpaired) electrons. The first-order chi connectivity index (χ1) is 8.58. The average Bonchev–Trinajstić information content (AvgIpc) is 2.32. The first kappa shape index (κ1) is 12.0. The van der Waals surface area contributed by atoms with E-state index >= 15 is 0 Å². The molecule has 0 saturated heterocycles. The standard InChI is InChI=1S/C10H9F2N5O/c11-5-1-2-7(6(12)3-5)18-9-4-8(17-14)15-10(13)16-9/h1-4H,14H2,(H3,13,15,16,17). The number of benzene rings is 1. The fourth-order valence-electron chi connectivity index (χ4n) is 1.24. The van der Waals surface area contributed by atoms with Crippen LogP contribution in [0, 0.1) is 11.6 Å². The van der Waals surface area contributed by atoms with Crippen molar-refractivity contribution in [2.75, 3.05) is 11.2 Å². The van der Waals surface area contributed by atoms with Crippen molar-refractivity contribution in [3.05, 3.63) is 35.9 Å². The molecule has 0 aliphatic heterocycles. The van der Waals surface area contributed by atoms with Gasteiger partial charge in [-0.1, -0.05) is 0 Å². The van der Waals surface area contributed by atoms with Crippen LogP contribution in [-0.4, -0.2) is 9.97 Å². The highest BCUT2D eigenvalue weighted by atomic mass is 19.1. The molecule has 0 bridgehead atoms. The molecule has 94 valence electrons. The van der Waals surface area contributed by atoms with Crippen LogP contribution >= 0.6 is 0 Å². The van der Waals surface area contributed by atoms with E-state index < -0.39 is 11.6 Å². The van der Waals surface area contributed by atoms with Crippen LogP contribution in [0.5, 0.6) is 11.6 Å². The highest BCUT2D eigenvalue weighted by Crippen LogP contribution is 2.25. The van der Waals surface area contributed by atoms with Gasteiger partial charge in [-0.2, -0.15) is 9.97 Å². The van der Waals surface area contributed by atoms with E-state index in [1.807, 2.05) is 0 Å². The molecule has 0 unspecified atom stereocenters. The quantitative estimate of drug-likeness (QED) is 0.565. The number of aromatic nitrogens is 2. The maximum atomic E-state index is 13.3. The van der Waals surface area contributed by atoms with Gasteiger partial charge < -0.3 is 15.9 Å². The van der Waals surface area contributed by atoms with Crippen LogP contribution in [0.4, 0.5) is 20.5 Å². The van der Waals surface area contributed by atoms with Crippen LogP contribution in [0.15, 0.2) is 24.3 Å². The average molecular weight is 253 g/mol. The monoisotopic (exact) mass is 253 g/mol. The second-order valence-electron chi connectivity index (χ2n) is 3.27. The lowest BCUT2D eigenvalue weighted by molar-refractivity contribution is 0.424. The molecule has 2 aromatic rings. The molecule has 8 heteroatoms. The molecule has 1 aromatic carbocycles. The van der Waals surface area contributed by atoms with Gasteiger partial charge in [-0.3, -0.25) is 0 Å². The van der Waals surface area contributed by atoms with E-state index in [2.05, 4.69) is 15.4 Å². The normalized spacial score (nSPS) is 10.2. The van der Waals surface area contributed by atoms with Gasteiger partial charge in [0.2, 0.25) is 11.8 Å². The maximum Gasteiger partial charge on any atom is 0.226 e. The van der Waals surface area contributed by atoms with E-state index in [9.17, 15) is 8.78 Å². The lowest BCUT2D eigenvalue weighted by atomic mass is 10.3. The predicted octanol–water partition coefficient (Wildman–Crippen LogP) is 1.41. The van der Waals surface area contributed by atoms with Gasteiger partial charge >= 0.3 is 0 Å². The number of nitrogen functional groups attached to an aromatic ring is 2. The SMILES string of the molecule is NNc1cc(Oc2ccc(F)cc2F)nc(N)n1. The van der Waals surface area contributed by atoms with E-state index in [0.29, 0.717) is 6.07 Å². The molecule has 5 N–H and O–H groups in total. The molecule has 0 aliphatic carbocycles. The summed E-state index contributed by atoms with van der Waals surface area (Å²) >= 11 is 0. The molecule has 0 saturated carbocycles. The third-order valence-electron chi connectivity index (χ3n) is 1.98. The summed E-state index contributed by atoms with van der Waals surface area (Å²) in [4.78, 5) is 7.46. The van der Waals surface area contributed by atoms with E-state index in [-0.39, 0.29) is 23.4 Å². The number of nitrogens with one attached hydrogen (secondary N) is 1. The summed E-state index contributed by atoms with van der Waals surface area (Å²) in [6.45, 7) is 0. The smallest absolute Gasteiger partial charge is 0.226 e. The molecular weight excluding hydrogens is 244 g/mol. The van der Waals surface area contributed by atoms with Crippen LogP contribution in [0.2, 0.25) is 0 Å². The first-order valence-corrected chi connectivity index (χ1v) is 4.82. The Morgan fingerprint density at radius 2 is 1.94 bits per heavy atom. The first-order valence-electron chi connectivity index (χ1n) is 4.82. The van der Waals surface area contributed by atoms with Gasteiger partial charge in [-0.15, -0.1) is 0 Å². The third kappa shape index (κ3) is 2.61. The molecule has 1 heterocycles. The number of ether oxygens (including phenoxy) is 1. The van der Waals surface area contributed by atoms with Crippen molar-refractivity contribution in [2.45, 2.75) is 0 Å². The Morgan fingerprint density at radius 3 is 2.61 bits per heavy atom. The minimum atomic E-state index is -0.852. The largest absolute Gasteiger partial charge is 0.436 e. The van der Waals surface area contributed by atoms with Gasteiger partial charge in [0.15, 0.2) is 11.6 Å². The molecule has 0 atom stereocenters. The van der Waals surface area contributed by atoms with Crippen LogP contribution in [0.1, 0.15) is 0 Å². The number of nitrogens with zero attached hydrogens (tertiary/aromatic N) is 2. The van der Waals surface area contributed by atoms with Crippen molar-refractivity contribution in [1.82, 2.24) is 9.97 Å². The predicted molar refractivity (Wildman–Crippen MR) is 60.7 cm³/mol. The Bertz CT molecular complexity index is 578. The van der Waals surface area contributed by atoms with Crippen molar-refractivity contribution < 1.29 is 13.5 Å². The molecule has 0 fully saturated rings. The topological polar surface area (TPSA) is 99.1 Å². The molecule has 1 aromatic heterocycles. The number of nitrogens with two attached hydrogens (primary N) is 2. The number of hydrogen-bond donors (Lipinski definition) is 3. The van der Waals surface area contributed by atoms with Crippen molar-refractivity contribution in [2.24, 2.45) is 5.84 Å². The minimum absolute atomic E-state index is 0.0130. The van der Waals surface area contributed by atoms with E-state index in [0.717, 1.165) is 12.1 Å². The van der Waals surface area contributed by atoms with Gasteiger partial charge in [0.25, 0.3) is 0 Å². The zero-order valence-corrected chi connectivity index (χ0v) is 9.02. The highest BCUT2D eigenvalue weighted by molar-refractivity contribution is 5.43. The van der Waals surface area contributed by atoms with Crippen molar-refractivity contribution in [1.29, 1.82) is 0 Å². The Hall–Kier alpha value is -2.48. The van der Waals surface area contributed by atoms with Crippen molar-refractivity contribution in [3.8, 4) is 11.6 Å². The Balaban J connectivity index is 2.30. The number of rotatable bonds is 3. The van der Waals surface area contributed by atoms with E-state index in [1.165, 1.54) is 6.07 Å². The Morgan fingerprint density at radius 1 is 1.17 bits per heavy atom. The van der Waals surface area contributed by atoms with E-state index in [4.69, 9.17) is 16.3 Å². The van der Waals surface area contributed by atoms with Gasteiger partial charge in [0.1, 0.15) is 11.6 Å². The second kappa shape index (κ2) is 4.80. The number of hydrogen-bond acceptors (Lipinski definition) is 6. The summed E-state index contributed by atoms with van der Waals surface area (Å²) in [5, 5.41) is 0. The summed E-state index contributed by atoms with van der Waals surface area (Å²) in [7, 11) is 0. The minimum Gasteiger partial charge on any atom is -0.436 e. The molecule has 0 amide bonds. The van der Waals surface area contributed by atoms with E-state index in [1.54, 1.807) is 0 Å². The fraction of sp³-hybridized carbons (Fsp3) is 0. The lowest BCUT2D eigenvalue weighted by Gasteiger charge is -2.07. The molecule has 2 rings (SSSR count). The number of anilines is 2. The molecule has 0 aliphatic rings.